The van der Waals surface area contributed by atoms with E-state index in [9.17, 15) is 4.79 Å². The SMILES string of the molecule is NC(=O)c1cccc(Nc2cc(Oc3sc(C4CC4)nc3-c3ccccc3)ccn2)n1. The van der Waals surface area contributed by atoms with Crippen molar-refractivity contribution in [3.63, 3.8) is 0 Å². The molecule has 0 aliphatic heterocycles. The van der Waals surface area contributed by atoms with Gasteiger partial charge in [-0.05, 0) is 31.0 Å². The number of nitrogens with two attached hydrogens (primary N) is 1. The van der Waals surface area contributed by atoms with E-state index < -0.39 is 5.91 Å². The summed E-state index contributed by atoms with van der Waals surface area (Å²) in [5.41, 5.74) is 7.37. The Kier molecular flexibility index (Phi) is 5.05. The van der Waals surface area contributed by atoms with Crippen LogP contribution in [0.25, 0.3) is 11.3 Å². The standard InChI is InChI=1S/C23H19N5O2S/c24-21(29)17-7-4-8-18(26-17)27-19-13-16(11-12-25-19)30-23-20(14-5-2-1-3-6-14)28-22(31-23)15-9-10-15/h1-8,11-13,15H,9-10H2,(H2,24,29)(H,25,26,27). The van der Waals surface area contributed by atoms with E-state index in [4.69, 9.17) is 15.5 Å². The molecule has 1 fully saturated rings. The zero-order chi connectivity index (χ0) is 21.2. The first-order valence-electron chi connectivity index (χ1n) is 9.89. The molecule has 0 spiro atoms. The third-order valence-electron chi connectivity index (χ3n) is 4.79. The highest BCUT2D eigenvalue weighted by molar-refractivity contribution is 7.14. The van der Waals surface area contributed by atoms with Gasteiger partial charge in [0.05, 0.1) is 0 Å². The van der Waals surface area contributed by atoms with Crippen molar-refractivity contribution < 1.29 is 9.53 Å². The number of benzene rings is 1. The maximum Gasteiger partial charge on any atom is 0.267 e. The molecule has 0 atom stereocenters. The molecule has 4 aromatic rings. The van der Waals surface area contributed by atoms with Crippen molar-refractivity contribution in [1.82, 2.24) is 15.0 Å². The lowest BCUT2D eigenvalue weighted by atomic mass is 10.2. The van der Waals surface area contributed by atoms with Gasteiger partial charge >= 0.3 is 0 Å². The summed E-state index contributed by atoms with van der Waals surface area (Å²) in [6.07, 6.45) is 4.02. The predicted octanol–water partition coefficient (Wildman–Crippen LogP) is 5.11. The number of thiazole rings is 1. The Morgan fingerprint density at radius 1 is 1.03 bits per heavy atom. The first-order valence-corrected chi connectivity index (χ1v) is 10.7. The number of ether oxygens (including phenoxy) is 1. The normalized spacial score (nSPS) is 13.0. The molecular formula is C23H19N5O2S. The molecule has 154 valence electrons. The lowest BCUT2D eigenvalue weighted by Crippen LogP contribution is -2.13. The van der Waals surface area contributed by atoms with Crippen LogP contribution in [0.2, 0.25) is 0 Å². The Bertz CT molecular complexity index is 1240. The van der Waals surface area contributed by atoms with Crippen LogP contribution in [0.5, 0.6) is 10.8 Å². The van der Waals surface area contributed by atoms with E-state index >= 15 is 0 Å². The number of aromatic nitrogens is 3. The molecule has 3 N–H and O–H groups in total. The van der Waals surface area contributed by atoms with Gasteiger partial charge in [-0.25, -0.2) is 15.0 Å². The molecular weight excluding hydrogens is 410 g/mol. The maximum absolute atomic E-state index is 11.4. The highest BCUT2D eigenvalue weighted by Crippen LogP contribution is 2.48. The number of anilines is 2. The van der Waals surface area contributed by atoms with Gasteiger partial charge < -0.3 is 15.8 Å². The average molecular weight is 430 g/mol. The van der Waals surface area contributed by atoms with Crippen LogP contribution in [0.1, 0.15) is 34.3 Å². The van der Waals surface area contributed by atoms with Crippen LogP contribution in [-0.4, -0.2) is 20.9 Å². The monoisotopic (exact) mass is 429 g/mol. The van der Waals surface area contributed by atoms with Gasteiger partial charge in [0.2, 0.25) is 5.06 Å². The summed E-state index contributed by atoms with van der Waals surface area (Å²) >= 11 is 1.60. The molecule has 0 bridgehead atoms. The summed E-state index contributed by atoms with van der Waals surface area (Å²) in [6, 6.07) is 18.6. The van der Waals surface area contributed by atoms with Crippen molar-refractivity contribution in [2.75, 3.05) is 5.32 Å². The predicted molar refractivity (Wildman–Crippen MR) is 120 cm³/mol. The lowest BCUT2D eigenvalue weighted by Gasteiger charge is -2.09. The number of primary amides is 1. The largest absolute Gasteiger partial charge is 0.444 e. The van der Waals surface area contributed by atoms with Crippen LogP contribution < -0.4 is 15.8 Å². The minimum Gasteiger partial charge on any atom is -0.444 e. The zero-order valence-electron chi connectivity index (χ0n) is 16.5. The molecule has 8 heteroatoms. The molecule has 0 radical (unpaired) electrons. The second-order valence-electron chi connectivity index (χ2n) is 7.20. The van der Waals surface area contributed by atoms with Gasteiger partial charge in [0.25, 0.3) is 5.91 Å². The van der Waals surface area contributed by atoms with Crippen molar-refractivity contribution >= 4 is 28.9 Å². The summed E-state index contributed by atoms with van der Waals surface area (Å²) in [5.74, 6) is 1.60. The van der Waals surface area contributed by atoms with E-state index in [0.717, 1.165) is 21.3 Å². The Hall–Kier alpha value is -3.78. The molecule has 0 unspecified atom stereocenters. The summed E-state index contributed by atoms with van der Waals surface area (Å²) in [5, 5.41) is 4.97. The molecule has 0 saturated heterocycles. The number of pyridine rings is 2. The summed E-state index contributed by atoms with van der Waals surface area (Å²) < 4.78 is 6.24. The van der Waals surface area contributed by atoms with E-state index in [2.05, 4.69) is 15.3 Å². The van der Waals surface area contributed by atoms with Gasteiger partial charge in [0, 0.05) is 23.7 Å². The fourth-order valence-corrected chi connectivity index (χ4v) is 4.22. The number of carbonyl (C=O) groups excluding carboxylic acids is 1. The van der Waals surface area contributed by atoms with Gasteiger partial charge in [-0.2, -0.15) is 0 Å². The van der Waals surface area contributed by atoms with Crippen molar-refractivity contribution in [2.24, 2.45) is 5.73 Å². The Morgan fingerprint density at radius 3 is 2.65 bits per heavy atom. The molecule has 5 rings (SSSR count). The van der Waals surface area contributed by atoms with E-state index in [1.807, 2.05) is 30.3 Å². The number of hydrogen-bond donors (Lipinski definition) is 2. The van der Waals surface area contributed by atoms with Crippen molar-refractivity contribution in [1.29, 1.82) is 0 Å². The van der Waals surface area contributed by atoms with E-state index in [1.165, 1.54) is 12.8 Å². The van der Waals surface area contributed by atoms with Crippen LogP contribution in [0.15, 0.2) is 66.9 Å². The fourth-order valence-electron chi connectivity index (χ4n) is 3.10. The lowest BCUT2D eigenvalue weighted by molar-refractivity contribution is 0.0995. The number of hydrogen-bond acceptors (Lipinski definition) is 7. The summed E-state index contributed by atoms with van der Waals surface area (Å²) in [6.45, 7) is 0. The van der Waals surface area contributed by atoms with E-state index in [0.29, 0.717) is 23.3 Å². The molecule has 1 amide bonds. The van der Waals surface area contributed by atoms with Crippen LogP contribution >= 0.6 is 11.3 Å². The van der Waals surface area contributed by atoms with E-state index in [-0.39, 0.29) is 5.69 Å². The summed E-state index contributed by atoms with van der Waals surface area (Å²) in [4.78, 5) is 24.7. The van der Waals surface area contributed by atoms with Crippen LogP contribution in [0, 0.1) is 0 Å². The highest BCUT2D eigenvalue weighted by atomic mass is 32.1. The number of amides is 1. The molecule has 1 aliphatic carbocycles. The Morgan fingerprint density at radius 2 is 1.87 bits per heavy atom. The van der Waals surface area contributed by atoms with Gasteiger partial charge in [0.1, 0.15) is 33.8 Å². The number of nitrogens with one attached hydrogen (secondary N) is 1. The molecule has 3 aromatic heterocycles. The van der Waals surface area contributed by atoms with Gasteiger partial charge in [-0.3, -0.25) is 4.79 Å². The smallest absolute Gasteiger partial charge is 0.267 e. The van der Waals surface area contributed by atoms with Crippen molar-refractivity contribution in [3.05, 3.63) is 77.6 Å². The molecule has 1 aromatic carbocycles. The molecule has 31 heavy (non-hydrogen) atoms. The Labute approximate surface area is 183 Å². The molecule has 3 heterocycles. The Balaban J connectivity index is 1.41. The molecule has 7 nitrogen and oxygen atoms in total. The fraction of sp³-hybridized carbons (Fsp3) is 0.130. The second kappa shape index (κ2) is 8.16. The first-order chi connectivity index (χ1) is 15.2. The number of carbonyl (C=O) groups is 1. The van der Waals surface area contributed by atoms with Gasteiger partial charge in [-0.15, -0.1) is 0 Å². The maximum atomic E-state index is 11.4. The highest BCUT2D eigenvalue weighted by Gasteiger charge is 2.29. The van der Waals surface area contributed by atoms with Crippen LogP contribution in [0.4, 0.5) is 11.6 Å². The molecule has 1 saturated carbocycles. The third-order valence-corrected chi connectivity index (χ3v) is 5.88. The van der Waals surface area contributed by atoms with Gasteiger partial charge in [0.15, 0.2) is 0 Å². The third kappa shape index (κ3) is 4.39. The minimum atomic E-state index is -0.584. The second-order valence-corrected chi connectivity index (χ2v) is 8.20. The number of rotatable bonds is 7. The van der Waals surface area contributed by atoms with Gasteiger partial charge in [-0.1, -0.05) is 47.7 Å². The minimum absolute atomic E-state index is 0.183. The van der Waals surface area contributed by atoms with E-state index in [1.54, 1.807) is 47.9 Å². The summed E-state index contributed by atoms with van der Waals surface area (Å²) in [7, 11) is 0. The topological polar surface area (TPSA) is 103 Å². The average Bonchev–Trinajstić information content (AvgIpc) is 3.55. The van der Waals surface area contributed by atoms with Crippen molar-refractivity contribution in [2.45, 2.75) is 18.8 Å². The first kappa shape index (κ1) is 19.2. The van der Waals surface area contributed by atoms with Crippen LogP contribution in [-0.2, 0) is 0 Å². The van der Waals surface area contributed by atoms with Crippen LogP contribution in [0.3, 0.4) is 0 Å². The quantitative estimate of drug-likeness (QED) is 0.423. The number of nitrogens with zero attached hydrogens (tertiary/aromatic N) is 3. The molecule has 1 aliphatic rings. The zero-order valence-corrected chi connectivity index (χ0v) is 17.3. The van der Waals surface area contributed by atoms with Crippen molar-refractivity contribution in [3.8, 4) is 22.1 Å².